The van der Waals surface area contributed by atoms with Crippen molar-refractivity contribution < 1.29 is 14.3 Å². The number of hydrogen-bond acceptors (Lipinski definition) is 10. The molecular formula is C33H46N10O3. The van der Waals surface area contributed by atoms with Gasteiger partial charge in [0, 0.05) is 54.6 Å². The fraction of sp³-hybridized carbons (Fsp3) is 0.515. The molecule has 1 atom stereocenters. The van der Waals surface area contributed by atoms with Crippen LogP contribution < -0.4 is 25.4 Å². The number of fused-ring (bicyclic) bond motifs is 1. The predicted molar refractivity (Wildman–Crippen MR) is 179 cm³/mol. The molecule has 246 valence electrons. The van der Waals surface area contributed by atoms with Crippen LogP contribution in [0.15, 0.2) is 36.7 Å². The zero-order valence-electron chi connectivity index (χ0n) is 27.8. The van der Waals surface area contributed by atoms with E-state index in [1.807, 2.05) is 43.7 Å². The predicted octanol–water partition coefficient (Wildman–Crippen LogP) is 5.00. The molecule has 3 N–H and O–H groups in total. The van der Waals surface area contributed by atoms with Gasteiger partial charge in [-0.15, -0.1) is 5.10 Å². The summed E-state index contributed by atoms with van der Waals surface area (Å²) in [6, 6.07) is 7.06. The lowest BCUT2D eigenvalue weighted by molar-refractivity contribution is 0.190. The van der Waals surface area contributed by atoms with Crippen LogP contribution >= 0.6 is 0 Å². The van der Waals surface area contributed by atoms with E-state index in [0.29, 0.717) is 46.9 Å². The lowest BCUT2D eigenvalue weighted by Gasteiger charge is -2.29. The summed E-state index contributed by atoms with van der Waals surface area (Å²) >= 11 is 0. The number of nitrogens with one attached hydrogen (secondary N) is 3. The number of nitrogens with zero attached hydrogens (tertiary/aromatic N) is 7. The fourth-order valence-electron chi connectivity index (χ4n) is 5.67. The van der Waals surface area contributed by atoms with Crippen LogP contribution in [0, 0.1) is 5.92 Å². The molecule has 3 aromatic heterocycles. The van der Waals surface area contributed by atoms with Crippen molar-refractivity contribution in [2.24, 2.45) is 5.92 Å². The minimum atomic E-state index is -0.428. The Morgan fingerprint density at radius 2 is 1.85 bits per heavy atom. The van der Waals surface area contributed by atoms with Crippen LogP contribution in [0.3, 0.4) is 0 Å². The van der Waals surface area contributed by atoms with Gasteiger partial charge in [-0.05, 0) is 96.1 Å². The van der Waals surface area contributed by atoms with Gasteiger partial charge in [0.15, 0.2) is 5.65 Å². The monoisotopic (exact) mass is 630 g/mol. The number of piperidine rings is 1. The Morgan fingerprint density at radius 3 is 2.57 bits per heavy atom. The van der Waals surface area contributed by atoms with E-state index in [-0.39, 0.29) is 6.03 Å². The van der Waals surface area contributed by atoms with Crippen LogP contribution in [0.25, 0.3) is 22.2 Å². The highest BCUT2D eigenvalue weighted by molar-refractivity contribution is 5.96. The molecule has 0 bridgehead atoms. The van der Waals surface area contributed by atoms with Crippen molar-refractivity contribution in [2.75, 3.05) is 51.5 Å². The molecule has 1 aliphatic heterocycles. The molecule has 1 unspecified atom stereocenters. The zero-order valence-corrected chi connectivity index (χ0v) is 27.8. The van der Waals surface area contributed by atoms with Crippen molar-refractivity contribution in [3.63, 3.8) is 0 Å². The summed E-state index contributed by atoms with van der Waals surface area (Å²) in [4.78, 5) is 29.2. The summed E-state index contributed by atoms with van der Waals surface area (Å²) in [6.45, 7) is 9.69. The molecule has 0 spiro atoms. The number of aromatic nitrogens is 6. The van der Waals surface area contributed by atoms with E-state index in [2.05, 4.69) is 54.4 Å². The number of ether oxygens (including phenoxy) is 2. The SMILES string of the molecule is COc1cc(OC)cc(-c2cc3cnc(NCCCCc4cn(CC5CCCN(C)C5)nn4)nc3nc2NC(=O)NC(C)(C)C)c1. The second-order valence-corrected chi connectivity index (χ2v) is 13.0. The minimum absolute atomic E-state index is 0.359. The topological polar surface area (TPSA) is 144 Å². The summed E-state index contributed by atoms with van der Waals surface area (Å²) in [5.41, 5.74) is 2.50. The number of carbonyl (C=O) groups excluding carboxylic acids is 1. The smallest absolute Gasteiger partial charge is 0.320 e. The zero-order chi connectivity index (χ0) is 32.7. The highest BCUT2D eigenvalue weighted by Crippen LogP contribution is 2.35. The molecule has 4 aromatic rings. The number of unbranched alkanes of at least 4 members (excludes halogenated alkanes) is 1. The molecule has 1 aliphatic rings. The van der Waals surface area contributed by atoms with Gasteiger partial charge in [-0.1, -0.05) is 5.21 Å². The summed E-state index contributed by atoms with van der Waals surface area (Å²) in [7, 11) is 5.38. The largest absolute Gasteiger partial charge is 0.497 e. The van der Waals surface area contributed by atoms with Gasteiger partial charge in [0.25, 0.3) is 0 Å². The highest BCUT2D eigenvalue weighted by Gasteiger charge is 2.20. The number of carbonyl (C=O) groups is 1. The molecule has 1 saturated heterocycles. The van der Waals surface area contributed by atoms with Gasteiger partial charge in [-0.25, -0.2) is 14.8 Å². The Kier molecular flexibility index (Phi) is 10.5. The number of methoxy groups -OCH3 is 2. The summed E-state index contributed by atoms with van der Waals surface area (Å²) in [6.07, 6.45) is 9.08. The number of benzene rings is 1. The van der Waals surface area contributed by atoms with Crippen LogP contribution in [0.1, 0.15) is 52.1 Å². The lowest BCUT2D eigenvalue weighted by Crippen LogP contribution is -2.43. The molecule has 0 aliphatic carbocycles. The molecular weight excluding hydrogens is 584 g/mol. The molecule has 13 heteroatoms. The summed E-state index contributed by atoms with van der Waals surface area (Å²) in [5.74, 6) is 2.71. The van der Waals surface area contributed by atoms with Gasteiger partial charge in [-0.2, -0.15) is 4.98 Å². The third kappa shape index (κ3) is 9.03. The first kappa shape index (κ1) is 32.9. The van der Waals surface area contributed by atoms with Gasteiger partial charge in [0.2, 0.25) is 5.95 Å². The molecule has 46 heavy (non-hydrogen) atoms. The van der Waals surface area contributed by atoms with Crippen LogP contribution in [-0.2, 0) is 13.0 Å². The van der Waals surface area contributed by atoms with E-state index in [1.165, 1.54) is 19.4 Å². The van der Waals surface area contributed by atoms with Crippen LogP contribution in [0.4, 0.5) is 16.6 Å². The molecule has 5 rings (SSSR count). The first-order valence-electron chi connectivity index (χ1n) is 15.9. The minimum Gasteiger partial charge on any atom is -0.497 e. The molecule has 0 saturated carbocycles. The lowest BCUT2D eigenvalue weighted by atomic mass is 9.99. The van der Waals surface area contributed by atoms with Gasteiger partial charge in [0.05, 0.1) is 19.9 Å². The Morgan fingerprint density at radius 1 is 1.07 bits per heavy atom. The number of hydrogen-bond donors (Lipinski definition) is 3. The first-order chi connectivity index (χ1) is 22.1. The Labute approximate surface area is 270 Å². The molecule has 1 aromatic carbocycles. The molecule has 2 amide bonds. The summed E-state index contributed by atoms with van der Waals surface area (Å²) < 4.78 is 13.0. The summed E-state index contributed by atoms with van der Waals surface area (Å²) in [5, 5.41) is 18.6. The first-order valence-corrected chi connectivity index (χ1v) is 15.9. The number of amides is 2. The molecule has 1 fully saturated rings. The van der Waals surface area contributed by atoms with E-state index < -0.39 is 5.54 Å². The highest BCUT2D eigenvalue weighted by atomic mass is 16.5. The van der Waals surface area contributed by atoms with Crippen molar-refractivity contribution in [1.82, 2.24) is 40.2 Å². The maximum Gasteiger partial charge on any atom is 0.320 e. The van der Waals surface area contributed by atoms with Crippen LogP contribution in [0.2, 0.25) is 0 Å². The van der Waals surface area contributed by atoms with Gasteiger partial charge in [0.1, 0.15) is 17.3 Å². The van der Waals surface area contributed by atoms with Gasteiger partial charge in [-0.3, -0.25) is 10.00 Å². The number of rotatable bonds is 12. The number of likely N-dealkylation sites (tertiary alicyclic amines) is 1. The van der Waals surface area contributed by atoms with Crippen LogP contribution in [-0.4, -0.2) is 87.3 Å². The third-order valence-electron chi connectivity index (χ3n) is 7.85. The molecule has 0 radical (unpaired) electrons. The van der Waals surface area contributed by atoms with E-state index in [9.17, 15) is 4.79 Å². The van der Waals surface area contributed by atoms with Crippen LogP contribution in [0.5, 0.6) is 11.5 Å². The third-order valence-corrected chi connectivity index (χ3v) is 7.85. The molecule has 4 heterocycles. The van der Waals surface area contributed by atoms with Gasteiger partial charge >= 0.3 is 6.03 Å². The van der Waals surface area contributed by atoms with Crippen molar-refractivity contribution in [3.8, 4) is 22.6 Å². The normalized spacial score (nSPS) is 15.5. The van der Waals surface area contributed by atoms with E-state index >= 15 is 0 Å². The Bertz CT molecular complexity index is 1610. The molecule has 13 nitrogen and oxygen atoms in total. The van der Waals surface area contributed by atoms with E-state index in [0.717, 1.165) is 49.0 Å². The van der Waals surface area contributed by atoms with Crippen molar-refractivity contribution in [1.29, 1.82) is 0 Å². The number of anilines is 2. The Balaban J connectivity index is 1.24. The number of pyridine rings is 1. The maximum atomic E-state index is 12.9. The number of urea groups is 1. The van der Waals surface area contributed by atoms with E-state index in [1.54, 1.807) is 26.5 Å². The fourth-order valence-corrected chi connectivity index (χ4v) is 5.67. The quantitative estimate of drug-likeness (QED) is 0.183. The second kappa shape index (κ2) is 14.7. The standard InChI is InChI=1S/C33H46N10O3/c1-33(2,3)39-32(44)38-30-28(23-14-26(45-5)17-27(15-23)46-6)16-24-18-35-31(37-29(24)36-30)34-12-8-7-11-25-21-43(41-40-25)20-22-10-9-13-42(4)19-22/h14-18,21-22H,7-13,19-20H2,1-6H3,(H3,34,35,36,37,38,39,44). The van der Waals surface area contributed by atoms with E-state index in [4.69, 9.17) is 14.5 Å². The maximum absolute atomic E-state index is 12.9. The average Bonchev–Trinajstić information content (AvgIpc) is 3.46. The number of aryl methyl sites for hydroxylation is 1. The second-order valence-electron chi connectivity index (χ2n) is 13.0. The Hall–Kier alpha value is -4.52. The van der Waals surface area contributed by atoms with Gasteiger partial charge < -0.3 is 25.0 Å². The average molecular weight is 631 g/mol. The van der Waals surface area contributed by atoms with Crippen molar-refractivity contribution in [3.05, 3.63) is 42.4 Å². The van der Waals surface area contributed by atoms with Crippen molar-refractivity contribution in [2.45, 2.75) is 65.0 Å². The van der Waals surface area contributed by atoms with Crippen molar-refractivity contribution >= 4 is 28.8 Å².